The summed E-state index contributed by atoms with van der Waals surface area (Å²) in [4.78, 5) is 4.26. The van der Waals surface area contributed by atoms with Crippen molar-refractivity contribution in [3.05, 3.63) is 60.6 Å². The molecule has 0 N–H and O–H groups in total. The van der Waals surface area contributed by atoms with Gasteiger partial charge in [-0.3, -0.25) is 4.57 Å². The summed E-state index contributed by atoms with van der Waals surface area (Å²) in [7, 11) is 0. The molecule has 0 spiro atoms. The molecule has 17 heavy (non-hydrogen) atoms. The first-order chi connectivity index (χ1) is 8.40. The van der Waals surface area contributed by atoms with Crippen LogP contribution in [-0.4, -0.2) is 9.55 Å². The van der Waals surface area contributed by atoms with Crippen LogP contribution in [0.4, 0.5) is 0 Å². The third-order valence-corrected chi connectivity index (χ3v) is 2.73. The molecule has 0 aliphatic carbocycles. The number of nitrogens with zero attached hydrogens (tertiary/aromatic N) is 3. The largest absolute Gasteiger partial charge is 0.291 e. The van der Waals surface area contributed by atoms with Crippen LogP contribution in [0.15, 0.2) is 54.9 Å². The molecule has 0 saturated carbocycles. The molecule has 3 nitrogen and oxygen atoms in total. The molecule has 3 heteroatoms. The molecule has 3 rings (SSSR count). The lowest BCUT2D eigenvalue weighted by molar-refractivity contribution is 0.994. The molecule has 0 saturated heterocycles. The van der Waals surface area contributed by atoms with Gasteiger partial charge in [-0.25, -0.2) is 4.98 Å². The average Bonchev–Trinajstić information content (AvgIpc) is 2.78. The third-order valence-electron chi connectivity index (χ3n) is 2.73. The molecular weight excluding hydrogens is 210 g/mol. The summed E-state index contributed by atoms with van der Waals surface area (Å²) in [6.07, 6.45) is 3.66. The minimum absolute atomic E-state index is 0.624. The molecule has 80 valence electrons. The van der Waals surface area contributed by atoms with Gasteiger partial charge in [-0.1, -0.05) is 30.3 Å². The Morgan fingerprint density at radius 1 is 1.06 bits per heavy atom. The van der Waals surface area contributed by atoms with E-state index in [9.17, 15) is 5.26 Å². The number of pyridine rings is 1. The Morgan fingerprint density at radius 3 is 2.65 bits per heavy atom. The van der Waals surface area contributed by atoms with E-state index in [0.717, 1.165) is 16.6 Å². The molecule has 0 bridgehead atoms. The number of fused-ring (bicyclic) bond motifs is 1. The normalized spacial score (nSPS) is 10.3. The number of aromatic nitrogens is 2. The van der Waals surface area contributed by atoms with Crippen molar-refractivity contribution in [2.24, 2.45) is 0 Å². The molecule has 0 unspecified atom stereocenters. The van der Waals surface area contributed by atoms with Crippen molar-refractivity contribution in [1.82, 2.24) is 9.55 Å². The number of rotatable bonds is 1. The van der Waals surface area contributed by atoms with Crippen molar-refractivity contribution in [3.8, 4) is 11.9 Å². The Morgan fingerprint density at radius 2 is 1.88 bits per heavy atom. The van der Waals surface area contributed by atoms with E-state index in [-0.39, 0.29) is 0 Å². The molecule has 0 aliphatic rings. The zero-order chi connectivity index (χ0) is 11.7. The van der Waals surface area contributed by atoms with Crippen LogP contribution in [0.1, 0.15) is 5.69 Å². The van der Waals surface area contributed by atoms with Crippen molar-refractivity contribution < 1.29 is 0 Å². The molecule has 0 amide bonds. The summed E-state index contributed by atoms with van der Waals surface area (Å²) in [6.45, 7) is 0. The number of benzene rings is 1. The average molecular weight is 219 g/mol. The lowest BCUT2D eigenvalue weighted by Gasteiger charge is -2.01. The summed E-state index contributed by atoms with van der Waals surface area (Å²) in [5.74, 6) is 0.764. The van der Waals surface area contributed by atoms with Gasteiger partial charge in [0.2, 0.25) is 0 Å². The van der Waals surface area contributed by atoms with Crippen molar-refractivity contribution in [1.29, 1.82) is 5.26 Å². The SMILES string of the molecule is N#Cc1c2ccccc2cn1-c1ccccn1. The third kappa shape index (κ3) is 1.47. The second-order valence-corrected chi connectivity index (χ2v) is 3.73. The van der Waals surface area contributed by atoms with Crippen LogP contribution in [0, 0.1) is 11.3 Å². The van der Waals surface area contributed by atoms with Gasteiger partial charge in [0.1, 0.15) is 17.6 Å². The topological polar surface area (TPSA) is 41.6 Å². The lowest BCUT2D eigenvalue weighted by atomic mass is 10.2. The first kappa shape index (κ1) is 9.61. The molecule has 2 heterocycles. The predicted molar refractivity (Wildman–Crippen MR) is 65.8 cm³/mol. The van der Waals surface area contributed by atoms with E-state index in [2.05, 4.69) is 11.1 Å². The van der Waals surface area contributed by atoms with E-state index in [1.165, 1.54) is 0 Å². The van der Waals surface area contributed by atoms with Gasteiger partial charge < -0.3 is 0 Å². The Balaban J connectivity index is 2.35. The van der Waals surface area contributed by atoms with Crippen LogP contribution in [0.25, 0.3) is 16.6 Å². The number of hydrogen-bond donors (Lipinski definition) is 0. The lowest BCUT2D eigenvalue weighted by Crippen LogP contribution is -1.97. The van der Waals surface area contributed by atoms with Crippen LogP contribution >= 0.6 is 0 Å². The Kier molecular flexibility index (Phi) is 2.13. The minimum atomic E-state index is 0.624. The van der Waals surface area contributed by atoms with Gasteiger partial charge in [-0.15, -0.1) is 0 Å². The molecule has 0 atom stereocenters. The fourth-order valence-electron chi connectivity index (χ4n) is 1.95. The molecule has 3 aromatic rings. The van der Waals surface area contributed by atoms with Crippen molar-refractivity contribution in [3.63, 3.8) is 0 Å². The molecular formula is C14H9N3. The molecule has 0 aliphatic heterocycles. The van der Waals surface area contributed by atoms with E-state index in [1.807, 2.05) is 53.2 Å². The number of nitriles is 1. The summed E-state index contributed by atoms with van der Waals surface area (Å²) < 4.78 is 1.82. The van der Waals surface area contributed by atoms with E-state index < -0.39 is 0 Å². The predicted octanol–water partition coefficient (Wildman–Crippen LogP) is 2.90. The maximum absolute atomic E-state index is 9.27. The highest BCUT2D eigenvalue weighted by Crippen LogP contribution is 2.22. The van der Waals surface area contributed by atoms with Crippen LogP contribution in [0.2, 0.25) is 0 Å². The van der Waals surface area contributed by atoms with Gasteiger partial charge in [-0.2, -0.15) is 5.26 Å². The second-order valence-electron chi connectivity index (χ2n) is 3.73. The quantitative estimate of drug-likeness (QED) is 0.631. The van der Waals surface area contributed by atoms with E-state index in [4.69, 9.17) is 0 Å². The number of hydrogen-bond acceptors (Lipinski definition) is 2. The summed E-state index contributed by atoms with van der Waals surface area (Å²) in [5, 5.41) is 11.3. The van der Waals surface area contributed by atoms with Gasteiger partial charge in [0.15, 0.2) is 0 Å². The van der Waals surface area contributed by atoms with Crippen molar-refractivity contribution in [2.75, 3.05) is 0 Å². The van der Waals surface area contributed by atoms with Gasteiger partial charge in [0.25, 0.3) is 0 Å². The van der Waals surface area contributed by atoms with Gasteiger partial charge >= 0.3 is 0 Å². The first-order valence-electron chi connectivity index (χ1n) is 5.32. The maximum Gasteiger partial charge on any atom is 0.137 e. The first-order valence-corrected chi connectivity index (χ1v) is 5.32. The maximum atomic E-state index is 9.27. The summed E-state index contributed by atoms with van der Waals surface area (Å²) in [6, 6.07) is 15.7. The highest BCUT2D eigenvalue weighted by Gasteiger charge is 2.09. The molecule has 1 aromatic carbocycles. The molecule has 0 fully saturated rings. The second kappa shape index (κ2) is 3.76. The molecule has 2 aromatic heterocycles. The zero-order valence-corrected chi connectivity index (χ0v) is 9.04. The van der Waals surface area contributed by atoms with Crippen molar-refractivity contribution >= 4 is 10.8 Å². The van der Waals surface area contributed by atoms with Gasteiger partial charge in [0, 0.05) is 23.2 Å². The Bertz CT molecular complexity index is 705. The van der Waals surface area contributed by atoms with Crippen LogP contribution in [-0.2, 0) is 0 Å². The summed E-state index contributed by atoms with van der Waals surface area (Å²) in [5.41, 5.74) is 0.624. The van der Waals surface area contributed by atoms with E-state index >= 15 is 0 Å². The van der Waals surface area contributed by atoms with Crippen molar-refractivity contribution in [2.45, 2.75) is 0 Å². The Labute approximate surface area is 98.6 Å². The summed E-state index contributed by atoms with van der Waals surface area (Å²) >= 11 is 0. The highest BCUT2D eigenvalue weighted by molar-refractivity contribution is 5.88. The van der Waals surface area contributed by atoms with E-state index in [1.54, 1.807) is 6.20 Å². The molecule has 0 radical (unpaired) electrons. The van der Waals surface area contributed by atoms with Crippen LogP contribution in [0.5, 0.6) is 0 Å². The zero-order valence-electron chi connectivity index (χ0n) is 9.04. The highest BCUT2D eigenvalue weighted by atomic mass is 15.1. The standard InChI is InChI=1S/C14H9N3/c15-9-13-12-6-2-1-5-11(12)10-17(13)14-7-3-4-8-16-14/h1-8,10H. The minimum Gasteiger partial charge on any atom is -0.291 e. The monoisotopic (exact) mass is 219 g/mol. The van der Waals surface area contributed by atoms with Gasteiger partial charge in [0.05, 0.1) is 0 Å². The fourth-order valence-corrected chi connectivity index (χ4v) is 1.95. The van der Waals surface area contributed by atoms with Crippen LogP contribution < -0.4 is 0 Å². The fraction of sp³-hybridized carbons (Fsp3) is 0. The van der Waals surface area contributed by atoms with E-state index in [0.29, 0.717) is 5.69 Å². The van der Waals surface area contributed by atoms with Gasteiger partial charge in [-0.05, 0) is 12.1 Å². The smallest absolute Gasteiger partial charge is 0.137 e. The Hall–Kier alpha value is -2.60. The van der Waals surface area contributed by atoms with Crippen LogP contribution in [0.3, 0.4) is 0 Å².